The number of hydrogen-bond donors (Lipinski definition) is 0. The maximum absolute atomic E-state index is 12.2. The summed E-state index contributed by atoms with van der Waals surface area (Å²) >= 11 is 0. The minimum atomic E-state index is -1.06. The highest BCUT2D eigenvalue weighted by molar-refractivity contribution is 5.82. The van der Waals surface area contributed by atoms with Gasteiger partial charge in [-0.1, -0.05) is 13.8 Å². The van der Waals surface area contributed by atoms with E-state index in [1.54, 1.807) is 45.3 Å². The maximum Gasteiger partial charge on any atom is 0.352 e. The van der Waals surface area contributed by atoms with E-state index in [0.717, 1.165) is 0 Å². The number of hydrogen-bond acceptors (Lipinski definition) is 5. The Kier molecular flexibility index (Phi) is 5.88. The van der Waals surface area contributed by atoms with Gasteiger partial charge in [-0.15, -0.1) is 0 Å². The van der Waals surface area contributed by atoms with Gasteiger partial charge in [-0.2, -0.15) is 0 Å². The molecular weight excluding hydrogens is 270 g/mol. The molecule has 0 aliphatic rings. The van der Waals surface area contributed by atoms with E-state index in [4.69, 9.17) is 9.47 Å². The van der Waals surface area contributed by atoms with Crippen LogP contribution in [0.2, 0.25) is 0 Å². The Labute approximate surface area is 125 Å². The molecule has 1 aromatic heterocycles. The lowest BCUT2D eigenvalue weighted by Gasteiger charge is -2.22. The Morgan fingerprint density at radius 1 is 1.19 bits per heavy atom. The number of carbonyl (C=O) groups is 2. The number of pyridine rings is 1. The summed E-state index contributed by atoms with van der Waals surface area (Å²) in [5, 5.41) is 0. The van der Waals surface area contributed by atoms with Crippen LogP contribution in [0.25, 0.3) is 0 Å². The zero-order valence-electron chi connectivity index (χ0n) is 13.3. The molecule has 1 aromatic rings. The first-order valence-corrected chi connectivity index (χ1v) is 6.99. The molecule has 21 heavy (non-hydrogen) atoms. The van der Waals surface area contributed by atoms with Gasteiger partial charge in [0.2, 0.25) is 6.10 Å². The molecule has 5 nitrogen and oxygen atoms in total. The average Bonchev–Trinajstić information content (AvgIpc) is 2.41. The molecule has 0 saturated heterocycles. The standard InChI is InChI=1S/C16H23NO4/c1-11(2)10-20-14(18)13(12-6-8-17-9-7-12)21-15(19)16(3,4)5/h6-9,11,13H,10H2,1-5H3. The largest absolute Gasteiger partial charge is 0.462 e. The third-order valence-electron chi connectivity index (χ3n) is 2.62. The zero-order valence-corrected chi connectivity index (χ0v) is 13.3. The molecule has 0 aliphatic carbocycles. The molecule has 1 unspecified atom stereocenters. The highest BCUT2D eigenvalue weighted by Crippen LogP contribution is 2.24. The molecule has 0 amide bonds. The smallest absolute Gasteiger partial charge is 0.352 e. The van der Waals surface area contributed by atoms with Gasteiger partial charge in [-0.05, 0) is 38.8 Å². The summed E-state index contributed by atoms with van der Waals surface area (Å²) in [6, 6.07) is 3.27. The Hall–Kier alpha value is -1.91. The van der Waals surface area contributed by atoms with E-state index in [1.807, 2.05) is 13.8 Å². The fourth-order valence-electron chi connectivity index (χ4n) is 1.40. The highest BCUT2D eigenvalue weighted by atomic mass is 16.6. The second kappa shape index (κ2) is 7.20. The van der Waals surface area contributed by atoms with Crippen LogP contribution in [-0.4, -0.2) is 23.5 Å². The normalized spacial score (nSPS) is 12.9. The fourth-order valence-corrected chi connectivity index (χ4v) is 1.40. The molecule has 0 radical (unpaired) electrons. The maximum atomic E-state index is 12.2. The average molecular weight is 293 g/mol. The summed E-state index contributed by atoms with van der Waals surface area (Å²) in [7, 11) is 0. The predicted molar refractivity (Wildman–Crippen MR) is 78.3 cm³/mol. The lowest BCUT2D eigenvalue weighted by Crippen LogP contribution is -2.29. The molecule has 0 saturated carbocycles. The Morgan fingerprint density at radius 3 is 2.24 bits per heavy atom. The van der Waals surface area contributed by atoms with Crippen molar-refractivity contribution in [2.45, 2.75) is 40.7 Å². The van der Waals surface area contributed by atoms with Gasteiger partial charge < -0.3 is 9.47 Å². The lowest BCUT2D eigenvalue weighted by molar-refractivity contribution is -0.174. The van der Waals surface area contributed by atoms with Crippen LogP contribution in [0.4, 0.5) is 0 Å². The first-order valence-electron chi connectivity index (χ1n) is 6.99. The van der Waals surface area contributed by atoms with E-state index >= 15 is 0 Å². The summed E-state index contributed by atoms with van der Waals surface area (Å²) < 4.78 is 10.6. The van der Waals surface area contributed by atoms with Gasteiger partial charge in [0.05, 0.1) is 12.0 Å². The van der Waals surface area contributed by atoms with Gasteiger partial charge in [-0.3, -0.25) is 9.78 Å². The summed E-state index contributed by atoms with van der Waals surface area (Å²) in [5.74, 6) is -0.802. The van der Waals surface area contributed by atoms with Gasteiger partial charge in [0, 0.05) is 18.0 Å². The Bertz CT molecular complexity index is 477. The first kappa shape index (κ1) is 17.1. The Morgan fingerprint density at radius 2 is 1.76 bits per heavy atom. The number of aromatic nitrogens is 1. The molecule has 0 aliphatic heterocycles. The Balaban J connectivity index is 2.91. The molecule has 116 valence electrons. The van der Waals surface area contributed by atoms with Crippen molar-refractivity contribution in [1.29, 1.82) is 0 Å². The molecule has 1 rings (SSSR count). The molecule has 0 N–H and O–H groups in total. The van der Waals surface area contributed by atoms with Crippen LogP contribution in [0.15, 0.2) is 24.5 Å². The third-order valence-corrected chi connectivity index (χ3v) is 2.62. The van der Waals surface area contributed by atoms with Crippen molar-refractivity contribution < 1.29 is 19.1 Å². The zero-order chi connectivity index (χ0) is 16.0. The first-order chi connectivity index (χ1) is 9.71. The second-order valence-corrected chi connectivity index (χ2v) is 6.34. The van der Waals surface area contributed by atoms with E-state index in [9.17, 15) is 9.59 Å². The quantitative estimate of drug-likeness (QED) is 0.781. The minimum Gasteiger partial charge on any atom is -0.462 e. The van der Waals surface area contributed by atoms with Crippen molar-refractivity contribution >= 4 is 11.9 Å². The number of nitrogens with zero attached hydrogens (tertiary/aromatic N) is 1. The van der Waals surface area contributed by atoms with Crippen molar-refractivity contribution in [3.63, 3.8) is 0 Å². The number of ether oxygens (including phenoxy) is 2. The molecule has 0 bridgehead atoms. The van der Waals surface area contributed by atoms with E-state index in [1.165, 1.54) is 0 Å². The summed E-state index contributed by atoms with van der Waals surface area (Å²) in [6.45, 7) is 9.37. The van der Waals surface area contributed by atoms with Crippen LogP contribution < -0.4 is 0 Å². The van der Waals surface area contributed by atoms with Gasteiger partial charge >= 0.3 is 11.9 Å². The van der Waals surface area contributed by atoms with E-state index in [0.29, 0.717) is 5.56 Å². The molecule has 0 aromatic carbocycles. The van der Waals surface area contributed by atoms with Crippen LogP contribution >= 0.6 is 0 Å². The summed E-state index contributed by atoms with van der Waals surface area (Å²) in [4.78, 5) is 28.1. The predicted octanol–water partition coefficient (Wildman–Crippen LogP) is 2.91. The molecule has 0 fully saturated rings. The lowest BCUT2D eigenvalue weighted by atomic mass is 9.97. The molecule has 5 heteroatoms. The van der Waals surface area contributed by atoms with Crippen molar-refractivity contribution in [1.82, 2.24) is 4.98 Å². The minimum absolute atomic E-state index is 0.213. The third kappa shape index (κ3) is 5.53. The van der Waals surface area contributed by atoms with Crippen LogP contribution in [0.5, 0.6) is 0 Å². The van der Waals surface area contributed by atoms with Crippen LogP contribution in [0, 0.1) is 11.3 Å². The van der Waals surface area contributed by atoms with Gasteiger partial charge in [0.1, 0.15) is 0 Å². The number of esters is 2. The topological polar surface area (TPSA) is 65.5 Å². The van der Waals surface area contributed by atoms with Crippen LogP contribution in [0.1, 0.15) is 46.3 Å². The molecule has 1 atom stereocenters. The number of carbonyl (C=O) groups excluding carboxylic acids is 2. The van der Waals surface area contributed by atoms with Gasteiger partial charge in [0.15, 0.2) is 0 Å². The van der Waals surface area contributed by atoms with E-state index in [-0.39, 0.29) is 12.5 Å². The number of rotatable bonds is 5. The molecule has 0 spiro atoms. The second-order valence-electron chi connectivity index (χ2n) is 6.34. The summed E-state index contributed by atoms with van der Waals surface area (Å²) in [6.07, 6.45) is 2.03. The van der Waals surface area contributed by atoms with E-state index in [2.05, 4.69) is 4.98 Å². The van der Waals surface area contributed by atoms with Crippen molar-refractivity contribution in [3.05, 3.63) is 30.1 Å². The highest BCUT2D eigenvalue weighted by Gasteiger charge is 2.32. The van der Waals surface area contributed by atoms with Crippen molar-refractivity contribution in [2.75, 3.05) is 6.61 Å². The molecular formula is C16H23NO4. The van der Waals surface area contributed by atoms with Crippen LogP contribution in [0.3, 0.4) is 0 Å². The van der Waals surface area contributed by atoms with Gasteiger partial charge in [-0.25, -0.2) is 4.79 Å². The fraction of sp³-hybridized carbons (Fsp3) is 0.562. The monoisotopic (exact) mass is 293 g/mol. The van der Waals surface area contributed by atoms with Crippen molar-refractivity contribution in [3.8, 4) is 0 Å². The molecule has 1 heterocycles. The van der Waals surface area contributed by atoms with E-state index < -0.39 is 23.5 Å². The SMILES string of the molecule is CC(C)COC(=O)C(OC(=O)C(C)(C)C)c1ccncc1. The van der Waals surface area contributed by atoms with Gasteiger partial charge in [0.25, 0.3) is 0 Å². The van der Waals surface area contributed by atoms with Crippen LogP contribution in [-0.2, 0) is 19.1 Å². The van der Waals surface area contributed by atoms with Crippen molar-refractivity contribution in [2.24, 2.45) is 11.3 Å². The summed E-state index contributed by atoms with van der Waals surface area (Å²) in [5.41, 5.74) is -0.139.